The summed E-state index contributed by atoms with van der Waals surface area (Å²) >= 11 is 12.3. The van der Waals surface area contributed by atoms with Crippen molar-refractivity contribution in [2.24, 2.45) is 10.2 Å². The summed E-state index contributed by atoms with van der Waals surface area (Å²) in [5.74, 6) is 0.154. The average Bonchev–Trinajstić information content (AvgIpc) is 2.74. The molecule has 166 valence electrons. The predicted octanol–water partition coefficient (Wildman–Crippen LogP) is 4.71. The van der Waals surface area contributed by atoms with Crippen LogP contribution >= 0.6 is 23.2 Å². The third-order valence-electron chi connectivity index (χ3n) is 4.10. The molecular formula is C20H21Cl2N3O6. The first kappa shape index (κ1) is 24.2. The van der Waals surface area contributed by atoms with Gasteiger partial charge in [0.25, 0.3) is 5.91 Å². The molecule has 1 amide bonds. The molecule has 1 atom stereocenters. The zero-order valence-electron chi connectivity index (χ0n) is 17.5. The van der Waals surface area contributed by atoms with Crippen molar-refractivity contribution in [2.75, 3.05) is 33.8 Å². The van der Waals surface area contributed by atoms with Gasteiger partial charge in [-0.25, -0.2) is 0 Å². The molecule has 0 aliphatic carbocycles. The van der Waals surface area contributed by atoms with Crippen molar-refractivity contribution in [3.05, 3.63) is 34.3 Å². The van der Waals surface area contributed by atoms with Gasteiger partial charge < -0.3 is 24.3 Å². The van der Waals surface area contributed by atoms with Gasteiger partial charge >= 0.3 is 0 Å². The highest BCUT2D eigenvalue weighted by Gasteiger charge is 2.25. The number of Topliss-reactive ketones (excluding diaryl/α,β-unsaturated/α-hetero) is 1. The van der Waals surface area contributed by atoms with Gasteiger partial charge in [0.1, 0.15) is 17.2 Å². The average molecular weight is 470 g/mol. The molecule has 2 aromatic carbocycles. The molecule has 0 aliphatic heterocycles. The summed E-state index contributed by atoms with van der Waals surface area (Å²) in [6.45, 7) is 1.22. The number of hydrogen-bond donors (Lipinski definition) is 1. The second kappa shape index (κ2) is 10.8. The summed E-state index contributed by atoms with van der Waals surface area (Å²) in [4.78, 5) is 24.8. The molecule has 0 aromatic heterocycles. The van der Waals surface area contributed by atoms with Crippen LogP contribution in [0.5, 0.6) is 23.0 Å². The second-order valence-electron chi connectivity index (χ2n) is 6.06. The lowest BCUT2D eigenvalue weighted by atomic mass is 10.2. The van der Waals surface area contributed by atoms with E-state index in [-0.39, 0.29) is 27.2 Å². The van der Waals surface area contributed by atoms with Crippen LogP contribution in [0.15, 0.2) is 34.5 Å². The number of azo groups is 1. The summed E-state index contributed by atoms with van der Waals surface area (Å²) in [6.07, 6.45) is 0. The molecule has 1 unspecified atom stereocenters. The highest BCUT2D eigenvalue weighted by molar-refractivity contribution is 6.33. The fraction of sp³-hybridized carbons (Fsp3) is 0.300. The van der Waals surface area contributed by atoms with Crippen molar-refractivity contribution in [2.45, 2.75) is 13.0 Å². The van der Waals surface area contributed by atoms with Crippen LogP contribution in [0.3, 0.4) is 0 Å². The molecule has 0 saturated carbocycles. The number of carbonyl (C=O) groups is 2. The SMILES string of the molecule is COc1cc(OC)c(NC(=O)C(N=Nc2cc(OC)c(OC)cc2Cl)C(C)=O)cc1Cl. The molecule has 0 fully saturated rings. The Morgan fingerprint density at radius 1 is 0.839 bits per heavy atom. The van der Waals surface area contributed by atoms with E-state index >= 15 is 0 Å². The second-order valence-corrected chi connectivity index (χ2v) is 6.88. The number of ether oxygens (including phenoxy) is 4. The maximum atomic E-state index is 12.7. The van der Waals surface area contributed by atoms with Crippen LogP contribution in [0.4, 0.5) is 11.4 Å². The molecule has 0 radical (unpaired) electrons. The van der Waals surface area contributed by atoms with Crippen molar-refractivity contribution in [3.63, 3.8) is 0 Å². The van der Waals surface area contributed by atoms with Crippen molar-refractivity contribution in [1.29, 1.82) is 0 Å². The lowest BCUT2D eigenvalue weighted by Gasteiger charge is -2.14. The highest BCUT2D eigenvalue weighted by Crippen LogP contribution is 2.38. The minimum Gasteiger partial charge on any atom is -0.495 e. The van der Waals surface area contributed by atoms with Gasteiger partial charge in [-0.1, -0.05) is 23.2 Å². The van der Waals surface area contributed by atoms with E-state index in [0.29, 0.717) is 17.2 Å². The molecule has 11 heteroatoms. The minimum absolute atomic E-state index is 0.198. The first-order chi connectivity index (χ1) is 14.7. The molecule has 2 rings (SSSR count). The fourth-order valence-corrected chi connectivity index (χ4v) is 2.95. The van der Waals surface area contributed by atoms with Gasteiger partial charge in [0.05, 0.1) is 44.2 Å². The van der Waals surface area contributed by atoms with E-state index in [2.05, 4.69) is 15.5 Å². The third kappa shape index (κ3) is 5.77. The van der Waals surface area contributed by atoms with Crippen LogP contribution in [-0.4, -0.2) is 46.2 Å². The van der Waals surface area contributed by atoms with Crippen molar-refractivity contribution in [1.82, 2.24) is 0 Å². The number of carbonyl (C=O) groups excluding carboxylic acids is 2. The topological polar surface area (TPSA) is 108 Å². The molecule has 0 heterocycles. The number of benzene rings is 2. The Morgan fingerprint density at radius 2 is 1.42 bits per heavy atom. The molecular weight excluding hydrogens is 449 g/mol. The Morgan fingerprint density at radius 3 is 1.97 bits per heavy atom. The molecule has 2 aromatic rings. The Balaban J connectivity index is 2.32. The van der Waals surface area contributed by atoms with Gasteiger partial charge in [-0.3, -0.25) is 9.59 Å². The lowest BCUT2D eigenvalue weighted by molar-refractivity contribution is -0.126. The Hall–Kier alpha value is -3.04. The molecule has 0 bridgehead atoms. The maximum absolute atomic E-state index is 12.7. The maximum Gasteiger partial charge on any atom is 0.258 e. The van der Waals surface area contributed by atoms with E-state index in [4.69, 9.17) is 42.1 Å². The van der Waals surface area contributed by atoms with Gasteiger partial charge in [0.15, 0.2) is 17.3 Å². The Kier molecular flexibility index (Phi) is 8.47. The van der Waals surface area contributed by atoms with E-state index in [1.807, 2.05) is 0 Å². The number of methoxy groups -OCH3 is 4. The molecule has 0 aliphatic rings. The van der Waals surface area contributed by atoms with Crippen LogP contribution < -0.4 is 24.3 Å². The minimum atomic E-state index is -1.44. The standard InChI is InChI=1S/C20H21Cl2N3O6/c1-10(26)19(25-24-13-8-18(31-5)17(30-4)7-11(13)21)20(27)23-14-6-12(22)15(28-2)9-16(14)29-3/h6-9,19H,1-5H3,(H,23,27). The third-order valence-corrected chi connectivity index (χ3v) is 4.70. The lowest BCUT2D eigenvalue weighted by Crippen LogP contribution is -2.32. The molecule has 0 spiro atoms. The first-order valence-electron chi connectivity index (χ1n) is 8.80. The van der Waals surface area contributed by atoms with Crippen LogP contribution in [0.25, 0.3) is 0 Å². The van der Waals surface area contributed by atoms with Gasteiger partial charge in [0.2, 0.25) is 6.04 Å². The van der Waals surface area contributed by atoms with Crippen molar-refractivity contribution < 1.29 is 28.5 Å². The van der Waals surface area contributed by atoms with Crippen molar-refractivity contribution >= 4 is 46.3 Å². The number of halogens is 2. The van der Waals surface area contributed by atoms with E-state index in [0.717, 1.165) is 0 Å². The molecule has 31 heavy (non-hydrogen) atoms. The molecule has 0 saturated heterocycles. The van der Waals surface area contributed by atoms with E-state index < -0.39 is 17.7 Å². The number of hydrogen-bond acceptors (Lipinski definition) is 8. The van der Waals surface area contributed by atoms with Gasteiger partial charge in [-0.15, -0.1) is 0 Å². The molecule has 1 N–H and O–H groups in total. The number of nitrogens with zero attached hydrogens (tertiary/aromatic N) is 2. The quantitative estimate of drug-likeness (QED) is 0.420. The van der Waals surface area contributed by atoms with Crippen LogP contribution in [0.1, 0.15) is 6.92 Å². The summed E-state index contributed by atoms with van der Waals surface area (Å²) in [7, 11) is 5.78. The van der Waals surface area contributed by atoms with Crippen LogP contribution in [0, 0.1) is 0 Å². The molecule has 9 nitrogen and oxygen atoms in total. The predicted molar refractivity (Wildman–Crippen MR) is 117 cm³/mol. The van der Waals surface area contributed by atoms with Crippen LogP contribution in [-0.2, 0) is 9.59 Å². The number of rotatable bonds is 9. The number of amides is 1. The Labute approximate surface area is 189 Å². The van der Waals surface area contributed by atoms with E-state index in [1.54, 1.807) is 0 Å². The van der Waals surface area contributed by atoms with Gasteiger partial charge in [0, 0.05) is 18.2 Å². The fourth-order valence-electron chi connectivity index (χ4n) is 2.52. The summed E-state index contributed by atoms with van der Waals surface area (Å²) in [5.41, 5.74) is 0.437. The largest absolute Gasteiger partial charge is 0.495 e. The van der Waals surface area contributed by atoms with Gasteiger partial charge in [-0.05, 0) is 13.0 Å². The van der Waals surface area contributed by atoms with Crippen molar-refractivity contribution in [3.8, 4) is 23.0 Å². The first-order valence-corrected chi connectivity index (χ1v) is 9.56. The number of ketones is 1. The summed E-state index contributed by atoms with van der Waals surface area (Å²) < 4.78 is 20.7. The normalized spacial score (nSPS) is 11.7. The van der Waals surface area contributed by atoms with E-state index in [9.17, 15) is 9.59 Å². The highest BCUT2D eigenvalue weighted by atomic mass is 35.5. The van der Waals surface area contributed by atoms with E-state index in [1.165, 1.54) is 59.6 Å². The number of anilines is 1. The number of nitrogens with one attached hydrogen (secondary N) is 1. The van der Waals surface area contributed by atoms with Crippen LogP contribution in [0.2, 0.25) is 10.0 Å². The zero-order chi connectivity index (χ0) is 23.1. The monoisotopic (exact) mass is 469 g/mol. The Bertz CT molecular complexity index is 1010. The van der Waals surface area contributed by atoms with Gasteiger partial charge in [-0.2, -0.15) is 10.2 Å². The smallest absolute Gasteiger partial charge is 0.258 e. The summed E-state index contributed by atoms with van der Waals surface area (Å²) in [6, 6.07) is 4.48. The zero-order valence-corrected chi connectivity index (χ0v) is 19.0. The summed E-state index contributed by atoms with van der Waals surface area (Å²) in [5, 5.41) is 10.9.